The van der Waals surface area contributed by atoms with Gasteiger partial charge in [0, 0.05) is 13.7 Å². The molecule has 0 radical (unpaired) electrons. The number of H-pyrrole nitrogens is 1. The van der Waals surface area contributed by atoms with Crippen LogP contribution in [0, 0.1) is 4.64 Å². The maximum atomic E-state index is 5.25. The van der Waals surface area contributed by atoms with Gasteiger partial charge in [-0.1, -0.05) is 12.2 Å². The van der Waals surface area contributed by atoms with Crippen molar-refractivity contribution in [3.63, 3.8) is 0 Å². The summed E-state index contributed by atoms with van der Waals surface area (Å²) in [6.45, 7) is 3.48. The molecule has 84 valence electrons. The highest BCUT2D eigenvalue weighted by Gasteiger charge is 2.05. The highest BCUT2D eigenvalue weighted by molar-refractivity contribution is 9.10. The van der Waals surface area contributed by atoms with E-state index in [0.717, 1.165) is 16.0 Å². The van der Waals surface area contributed by atoms with Gasteiger partial charge in [0.15, 0.2) is 0 Å². The van der Waals surface area contributed by atoms with E-state index < -0.39 is 0 Å². The molecular weight excluding hydrogens is 280 g/mol. The minimum Gasteiger partial charge on any atom is -0.378 e. The number of hydrogen-bond acceptors (Lipinski definition) is 4. The second-order valence-corrected chi connectivity index (χ2v) is 4.03. The van der Waals surface area contributed by atoms with Crippen molar-refractivity contribution >= 4 is 28.1 Å². The van der Waals surface area contributed by atoms with Crippen LogP contribution in [-0.2, 0) is 22.7 Å². The smallest absolute Gasteiger partial charge is 0.144 e. The van der Waals surface area contributed by atoms with Gasteiger partial charge in [-0.2, -0.15) is 0 Å². The van der Waals surface area contributed by atoms with Crippen molar-refractivity contribution in [3.05, 3.63) is 20.6 Å². The van der Waals surface area contributed by atoms with E-state index in [4.69, 9.17) is 21.7 Å². The minimum atomic E-state index is 0.435. The summed E-state index contributed by atoms with van der Waals surface area (Å²) < 4.78 is 11.6. The third-order valence-corrected chi connectivity index (χ3v) is 3.13. The Morgan fingerprint density at radius 1 is 1.47 bits per heavy atom. The standard InChI is InChI=1S/C9H13BrN2O2S/c1-3-14-5-7-11-6(4-13-2)8(10)9(15)12-7/h3-5H2,1-2H3,(H,11,12,15). The predicted molar refractivity (Wildman–Crippen MR) is 63.2 cm³/mol. The van der Waals surface area contributed by atoms with Crippen molar-refractivity contribution in [1.29, 1.82) is 0 Å². The molecule has 1 heterocycles. The first-order valence-corrected chi connectivity index (χ1v) is 5.73. The third-order valence-electron chi connectivity index (χ3n) is 1.72. The Bertz CT molecular complexity index is 381. The normalized spacial score (nSPS) is 10.6. The molecule has 0 aliphatic carbocycles. The van der Waals surface area contributed by atoms with Crippen LogP contribution in [0.2, 0.25) is 0 Å². The summed E-state index contributed by atoms with van der Waals surface area (Å²) >= 11 is 8.47. The molecule has 0 spiro atoms. The molecule has 15 heavy (non-hydrogen) atoms. The lowest BCUT2D eigenvalue weighted by Gasteiger charge is -2.07. The second-order valence-electron chi connectivity index (χ2n) is 2.85. The number of rotatable bonds is 5. The van der Waals surface area contributed by atoms with Crippen LogP contribution in [0.1, 0.15) is 18.4 Å². The maximum absolute atomic E-state index is 5.25. The highest BCUT2D eigenvalue weighted by atomic mass is 79.9. The van der Waals surface area contributed by atoms with Gasteiger partial charge in [-0.05, 0) is 22.9 Å². The van der Waals surface area contributed by atoms with Crippen LogP contribution in [0.15, 0.2) is 4.47 Å². The van der Waals surface area contributed by atoms with Crippen LogP contribution >= 0.6 is 28.1 Å². The summed E-state index contributed by atoms with van der Waals surface area (Å²) in [6, 6.07) is 0. The fourth-order valence-electron chi connectivity index (χ4n) is 1.07. The van der Waals surface area contributed by atoms with Gasteiger partial charge in [0.25, 0.3) is 0 Å². The minimum absolute atomic E-state index is 0.435. The van der Waals surface area contributed by atoms with Gasteiger partial charge in [-0.25, -0.2) is 4.98 Å². The zero-order chi connectivity index (χ0) is 11.3. The molecule has 0 fully saturated rings. The summed E-state index contributed by atoms with van der Waals surface area (Å²) in [5.74, 6) is 0.720. The molecule has 0 saturated heterocycles. The number of nitrogens with one attached hydrogen (secondary N) is 1. The predicted octanol–water partition coefficient (Wildman–Crippen LogP) is 2.58. The van der Waals surface area contributed by atoms with Crippen molar-refractivity contribution in [2.75, 3.05) is 13.7 Å². The Morgan fingerprint density at radius 2 is 2.20 bits per heavy atom. The van der Waals surface area contributed by atoms with Gasteiger partial charge in [0.2, 0.25) is 0 Å². The quantitative estimate of drug-likeness (QED) is 0.848. The lowest BCUT2D eigenvalue weighted by molar-refractivity contribution is 0.127. The van der Waals surface area contributed by atoms with E-state index in [1.807, 2.05) is 6.92 Å². The van der Waals surface area contributed by atoms with Crippen LogP contribution in [0.3, 0.4) is 0 Å². The number of halogens is 1. The van der Waals surface area contributed by atoms with E-state index in [1.54, 1.807) is 7.11 Å². The second kappa shape index (κ2) is 6.32. The largest absolute Gasteiger partial charge is 0.378 e. The molecule has 0 bridgehead atoms. The molecule has 0 atom stereocenters. The van der Waals surface area contributed by atoms with E-state index in [-0.39, 0.29) is 0 Å². The van der Waals surface area contributed by atoms with Crippen LogP contribution in [0.5, 0.6) is 0 Å². The topological polar surface area (TPSA) is 47.1 Å². The molecule has 0 aliphatic heterocycles. The summed E-state index contributed by atoms with van der Waals surface area (Å²) in [6.07, 6.45) is 0. The van der Waals surface area contributed by atoms with Gasteiger partial charge in [0.1, 0.15) is 17.1 Å². The van der Waals surface area contributed by atoms with E-state index in [0.29, 0.717) is 24.5 Å². The van der Waals surface area contributed by atoms with Gasteiger partial charge in [-0.15, -0.1) is 0 Å². The lowest BCUT2D eigenvalue weighted by atomic mass is 10.4. The van der Waals surface area contributed by atoms with Crippen molar-refractivity contribution in [1.82, 2.24) is 9.97 Å². The molecule has 1 aromatic rings. The van der Waals surface area contributed by atoms with E-state index in [9.17, 15) is 0 Å². The first kappa shape index (κ1) is 12.8. The molecule has 1 aromatic heterocycles. The first-order valence-electron chi connectivity index (χ1n) is 4.53. The average molecular weight is 293 g/mol. The highest BCUT2D eigenvalue weighted by Crippen LogP contribution is 2.16. The fourth-order valence-corrected chi connectivity index (χ4v) is 1.60. The molecule has 0 saturated carbocycles. The van der Waals surface area contributed by atoms with Gasteiger partial charge >= 0.3 is 0 Å². The summed E-state index contributed by atoms with van der Waals surface area (Å²) in [7, 11) is 1.63. The Morgan fingerprint density at radius 3 is 2.80 bits per heavy atom. The van der Waals surface area contributed by atoms with Crippen molar-refractivity contribution < 1.29 is 9.47 Å². The van der Waals surface area contributed by atoms with Crippen LogP contribution in [-0.4, -0.2) is 23.7 Å². The summed E-state index contributed by atoms with van der Waals surface area (Å²) in [4.78, 5) is 7.30. The zero-order valence-corrected chi connectivity index (χ0v) is 11.1. The summed E-state index contributed by atoms with van der Waals surface area (Å²) in [5, 5.41) is 0. The number of aromatic amines is 1. The van der Waals surface area contributed by atoms with E-state index in [1.165, 1.54) is 0 Å². The number of aromatic nitrogens is 2. The molecule has 6 heteroatoms. The third kappa shape index (κ3) is 3.64. The maximum Gasteiger partial charge on any atom is 0.144 e. The molecule has 0 amide bonds. The molecule has 4 nitrogen and oxygen atoms in total. The number of methoxy groups -OCH3 is 1. The molecule has 0 aliphatic rings. The van der Waals surface area contributed by atoms with E-state index >= 15 is 0 Å². The van der Waals surface area contributed by atoms with Gasteiger partial charge in [-0.3, -0.25) is 0 Å². The molecule has 1 N–H and O–H groups in total. The van der Waals surface area contributed by atoms with Crippen molar-refractivity contribution in [3.8, 4) is 0 Å². The Kier molecular flexibility index (Phi) is 5.38. The average Bonchev–Trinajstić information content (AvgIpc) is 2.22. The number of ether oxygens (including phenoxy) is 2. The Hall–Kier alpha value is -0.300. The lowest BCUT2D eigenvalue weighted by Crippen LogP contribution is -2.04. The Balaban J connectivity index is 2.95. The van der Waals surface area contributed by atoms with Crippen molar-refractivity contribution in [2.24, 2.45) is 0 Å². The molecule has 1 rings (SSSR count). The number of nitrogens with zero attached hydrogens (tertiary/aromatic N) is 1. The molecule has 0 aromatic carbocycles. The van der Waals surface area contributed by atoms with Crippen LogP contribution in [0.25, 0.3) is 0 Å². The number of hydrogen-bond donors (Lipinski definition) is 1. The van der Waals surface area contributed by atoms with Gasteiger partial charge < -0.3 is 14.5 Å². The van der Waals surface area contributed by atoms with E-state index in [2.05, 4.69) is 25.9 Å². The fraction of sp³-hybridized carbons (Fsp3) is 0.556. The zero-order valence-electron chi connectivity index (χ0n) is 8.67. The monoisotopic (exact) mass is 292 g/mol. The van der Waals surface area contributed by atoms with Gasteiger partial charge in [0.05, 0.1) is 16.8 Å². The Labute approximate surface area is 102 Å². The first-order chi connectivity index (χ1) is 7.19. The summed E-state index contributed by atoms with van der Waals surface area (Å²) in [5.41, 5.74) is 0.882. The van der Waals surface area contributed by atoms with Crippen LogP contribution < -0.4 is 0 Å². The van der Waals surface area contributed by atoms with Crippen molar-refractivity contribution in [2.45, 2.75) is 20.1 Å². The SMILES string of the molecule is CCOCc1nc(=S)c(Br)c(COC)[nH]1. The molecule has 0 unspecified atom stereocenters. The van der Waals surface area contributed by atoms with Crippen LogP contribution in [0.4, 0.5) is 0 Å². The molecular formula is C9H13BrN2O2S.